The van der Waals surface area contributed by atoms with Gasteiger partial charge < -0.3 is 25.3 Å². The minimum absolute atomic E-state index is 0.359. The molecule has 0 spiro atoms. The summed E-state index contributed by atoms with van der Waals surface area (Å²) < 4.78 is 4.96. The third-order valence-electron chi connectivity index (χ3n) is 5.67. The summed E-state index contributed by atoms with van der Waals surface area (Å²) in [5.74, 6) is -1.28. The van der Waals surface area contributed by atoms with Gasteiger partial charge in [-0.2, -0.15) is 0 Å². The molecular formula is C23H44N2O4. The van der Waals surface area contributed by atoms with Crippen molar-refractivity contribution in [3.8, 4) is 0 Å². The minimum Gasteiger partial charge on any atom is -0.548 e. The molecule has 170 valence electrons. The summed E-state index contributed by atoms with van der Waals surface area (Å²) in [7, 11) is 0. The largest absolute Gasteiger partial charge is 0.548 e. The molecule has 2 fully saturated rings. The van der Waals surface area contributed by atoms with Crippen LogP contribution in [0, 0.1) is 0 Å². The van der Waals surface area contributed by atoms with E-state index in [0.717, 1.165) is 18.5 Å². The van der Waals surface area contributed by atoms with Gasteiger partial charge in [-0.15, -0.1) is 0 Å². The normalized spacial score (nSPS) is 19.6. The fourth-order valence-corrected chi connectivity index (χ4v) is 4.15. The molecule has 2 aliphatic carbocycles. The predicted octanol–water partition coefficient (Wildman–Crippen LogP) is 3.04. The minimum atomic E-state index is -1.28. The fraction of sp³-hybridized carbons (Fsp3) is 0.913. The molecule has 0 aromatic rings. The summed E-state index contributed by atoms with van der Waals surface area (Å²) in [4.78, 5) is 22.0. The second-order valence-electron chi connectivity index (χ2n) is 9.65. The Labute approximate surface area is 177 Å². The lowest BCUT2D eigenvalue weighted by atomic mass is 9.91. The molecule has 2 aliphatic rings. The smallest absolute Gasteiger partial charge is 0.408 e. The maximum absolute atomic E-state index is 11.3. The number of carboxylic acids is 1. The summed E-state index contributed by atoms with van der Waals surface area (Å²) in [5, 5.41) is 15.7. The van der Waals surface area contributed by atoms with Crippen LogP contribution in [0.5, 0.6) is 0 Å². The van der Waals surface area contributed by atoms with Gasteiger partial charge in [-0.1, -0.05) is 32.6 Å². The van der Waals surface area contributed by atoms with E-state index in [-0.39, 0.29) is 0 Å². The number of rotatable bonds is 7. The number of carbonyl (C=O) groups excluding carboxylic acids is 2. The number of carbonyl (C=O) groups is 2. The van der Waals surface area contributed by atoms with E-state index in [1.807, 2.05) is 6.92 Å². The van der Waals surface area contributed by atoms with Gasteiger partial charge in [0.1, 0.15) is 5.60 Å². The van der Waals surface area contributed by atoms with Crippen molar-refractivity contribution in [2.75, 3.05) is 0 Å². The molecule has 0 bridgehead atoms. The van der Waals surface area contributed by atoms with E-state index in [0.29, 0.717) is 12.8 Å². The van der Waals surface area contributed by atoms with E-state index >= 15 is 0 Å². The van der Waals surface area contributed by atoms with Gasteiger partial charge >= 0.3 is 6.09 Å². The lowest BCUT2D eigenvalue weighted by Gasteiger charge is -2.27. The van der Waals surface area contributed by atoms with E-state index in [1.54, 1.807) is 20.8 Å². The molecule has 0 aromatic carbocycles. The Bertz CT molecular complexity index is 448. The Hall–Kier alpha value is -1.30. The molecule has 0 heterocycles. The SMILES string of the molecule is C1CCC([NH2+]C2CCCCC2)CC1.CCCC[C@H](NC(=O)OC(C)(C)C)C(=O)[O-]. The number of quaternary nitrogens is 1. The van der Waals surface area contributed by atoms with Crippen molar-refractivity contribution in [3.63, 3.8) is 0 Å². The number of hydrogen-bond donors (Lipinski definition) is 2. The number of carboxylic acid groups (broad SMARTS) is 1. The first-order valence-corrected chi connectivity index (χ1v) is 11.8. The van der Waals surface area contributed by atoms with Crippen LogP contribution in [0.15, 0.2) is 0 Å². The van der Waals surface area contributed by atoms with Gasteiger partial charge in [0.15, 0.2) is 0 Å². The molecule has 6 nitrogen and oxygen atoms in total. The highest BCUT2D eigenvalue weighted by Gasteiger charge is 2.23. The first-order chi connectivity index (χ1) is 13.7. The molecule has 0 unspecified atom stereocenters. The summed E-state index contributed by atoms with van der Waals surface area (Å²) in [6.45, 7) is 7.09. The molecule has 1 amide bonds. The number of nitrogens with one attached hydrogen (secondary N) is 1. The van der Waals surface area contributed by atoms with Gasteiger partial charge in [0.2, 0.25) is 0 Å². The lowest BCUT2D eigenvalue weighted by molar-refractivity contribution is -0.725. The van der Waals surface area contributed by atoms with Gasteiger partial charge in [-0.05, 0) is 78.6 Å². The third-order valence-corrected chi connectivity index (χ3v) is 5.67. The van der Waals surface area contributed by atoms with Gasteiger partial charge in [0, 0.05) is 0 Å². The van der Waals surface area contributed by atoms with Crippen molar-refractivity contribution in [2.24, 2.45) is 0 Å². The molecule has 0 aromatic heterocycles. The summed E-state index contributed by atoms with van der Waals surface area (Å²) >= 11 is 0. The number of alkyl carbamates (subject to hydrolysis) is 1. The van der Waals surface area contributed by atoms with E-state index < -0.39 is 23.7 Å². The van der Waals surface area contributed by atoms with Crippen LogP contribution in [-0.2, 0) is 9.53 Å². The van der Waals surface area contributed by atoms with Crippen molar-refractivity contribution in [1.29, 1.82) is 0 Å². The van der Waals surface area contributed by atoms with Crippen LogP contribution in [0.4, 0.5) is 4.79 Å². The quantitative estimate of drug-likeness (QED) is 0.672. The fourth-order valence-electron chi connectivity index (χ4n) is 4.15. The Kier molecular flexibility index (Phi) is 12.3. The van der Waals surface area contributed by atoms with Crippen molar-refractivity contribution >= 4 is 12.1 Å². The van der Waals surface area contributed by atoms with Gasteiger partial charge in [-0.25, -0.2) is 4.79 Å². The number of nitrogens with two attached hydrogens (primary N) is 1. The molecule has 2 saturated carbocycles. The standard InChI is InChI=1S/C12H23N.C11H21NO4/c1-3-7-11(8-4-1)13-12-9-5-2-6-10-12;1-5-6-7-8(9(13)14)12-10(15)16-11(2,3)4/h11-13H,1-10H2;8H,5-7H2,1-4H3,(H,12,15)(H,13,14)/t;8-/m.0/s1. The third kappa shape index (κ3) is 12.8. The van der Waals surface area contributed by atoms with Crippen LogP contribution in [0.2, 0.25) is 0 Å². The molecule has 2 rings (SSSR count). The molecule has 0 aliphatic heterocycles. The van der Waals surface area contributed by atoms with Crippen LogP contribution in [0.1, 0.15) is 111 Å². The van der Waals surface area contributed by atoms with Crippen molar-refractivity contribution in [1.82, 2.24) is 5.32 Å². The number of amides is 1. The highest BCUT2D eigenvalue weighted by atomic mass is 16.6. The second kappa shape index (κ2) is 13.8. The van der Waals surface area contributed by atoms with E-state index in [2.05, 4.69) is 10.6 Å². The molecular weight excluding hydrogens is 368 g/mol. The number of aliphatic carboxylic acids is 1. The average Bonchev–Trinajstić information content (AvgIpc) is 2.65. The molecule has 0 radical (unpaired) electrons. The summed E-state index contributed by atoms with van der Waals surface area (Å²) in [5.41, 5.74) is -0.634. The average molecular weight is 413 g/mol. The van der Waals surface area contributed by atoms with Crippen LogP contribution < -0.4 is 15.7 Å². The predicted molar refractivity (Wildman–Crippen MR) is 113 cm³/mol. The highest BCUT2D eigenvalue weighted by Crippen LogP contribution is 2.18. The van der Waals surface area contributed by atoms with Gasteiger partial charge in [0.25, 0.3) is 0 Å². The molecule has 3 N–H and O–H groups in total. The number of unbranched alkanes of at least 4 members (excludes halogenated alkanes) is 1. The zero-order valence-corrected chi connectivity index (χ0v) is 19.1. The highest BCUT2D eigenvalue weighted by molar-refractivity contribution is 5.78. The topological polar surface area (TPSA) is 95.1 Å². The van der Waals surface area contributed by atoms with Gasteiger partial charge in [0.05, 0.1) is 24.1 Å². The van der Waals surface area contributed by atoms with E-state index in [1.165, 1.54) is 64.2 Å². The zero-order valence-electron chi connectivity index (χ0n) is 19.1. The lowest BCUT2D eigenvalue weighted by Crippen LogP contribution is -2.95. The molecule has 29 heavy (non-hydrogen) atoms. The Morgan fingerprint density at radius 3 is 1.86 bits per heavy atom. The van der Waals surface area contributed by atoms with E-state index in [9.17, 15) is 14.7 Å². The second-order valence-corrected chi connectivity index (χ2v) is 9.65. The van der Waals surface area contributed by atoms with Crippen molar-refractivity contribution in [2.45, 2.75) is 135 Å². The summed E-state index contributed by atoms with van der Waals surface area (Å²) in [6, 6.07) is 1.02. The number of hydrogen-bond acceptors (Lipinski definition) is 4. The number of ether oxygens (including phenoxy) is 1. The van der Waals surface area contributed by atoms with Crippen molar-refractivity contribution < 1.29 is 24.7 Å². The van der Waals surface area contributed by atoms with Crippen molar-refractivity contribution in [3.05, 3.63) is 0 Å². The van der Waals surface area contributed by atoms with Crippen LogP contribution >= 0.6 is 0 Å². The monoisotopic (exact) mass is 412 g/mol. The van der Waals surface area contributed by atoms with E-state index in [4.69, 9.17) is 4.74 Å². The van der Waals surface area contributed by atoms with Crippen LogP contribution in [-0.4, -0.2) is 35.8 Å². The first kappa shape index (κ1) is 25.7. The van der Waals surface area contributed by atoms with Crippen LogP contribution in [0.3, 0.4) is 0 Å². The maximum atomic E-state index is 11.3. The Morgan fingerprint density at radius 2 is 1.48 bits per heavy atom. The first-order valence-electron chi connectivity index (χ1n) is 11.8. The molecule has 0 saturated heterocycles. The Balaban J connectivity index is 0.000000294. The molecule has 6 heteroatoms. The maximum Gasteiger partial charge on any atom is 0.408 e. The zero-order chi connectivity index (χ0) is 21.7. The van der Waals surface area contributed by atoms with Crippen LogP contribution in [0.25, 0.3) is 0 Å². The van der Waals surface area contributed by atoms with Gasteiger partial charge in [-0.3, -0.25) is 0 Å². The summed E-state index contributed by atoms with van der Waals surface area (Å²) in [6.07, 6.45) is 16.2. The Morgan fingerprint density at radius 1 is 1.00 bits per heavy atom. The molecule has 1 atom stereocenters.